The summed E-state index contributed by atoms with van der Waals surface area (Å²) in [5, 5.41) is 10.2. The molecule has 120 valence electrons. The second-order valence-electron chi connectivity index (χ2n) is 5.28. The minimum atomic E-state index is -4.42. The first-order valence-corrected chi connectivity index (χ1v) is 7.44. The molecule has 8 heteroatoms. The second-order valence-corrected chi connectivity index (χ2v) is 5.28. The zero-order chi connectivity index (χ0) is 15.3. The fourth-order valence-electron chi connectivity index (χ4n) is 2.55. The number of hydrogen-bond donors (Lipinski definition) is 1. The number of rotatable bonds is 7. The molecular weight excluding hydrogens is 283 g/mol. The molecule has 1 N–H and O–H groups in total. The Morgan fingerprint density at radius 2 is 1.95 bits per heavy atom. The van der Waals surface area contributed by atoms with Gasteiger partial charge in [0.25, 0.3) is 0 Å². The smallest absolute Gasteiger partial charge is 0.317 e. The first-order chi connectivity index (χ1) is 10.0. The summed E-state index contributed by atoms with van der Waals surface area (Å²) in [5.41, 5.74) is 0. The molecule has 5 nitrogen and oxygen atoms in total. The summed E-state index contributed by atoms with van der Waals surface area (Å²) < 4.78 is 39.3. The summed E-state index contributed by atoms with van der Waals surface area (Å²) in [6.45, 7) is 6.40. The van der Waals surface area contributed by atoms with E-state index in [-0.39, 0.29) is 0 Å². The van der Waals surface area contributed by atoms with Crippen molar-refractivity contribution in [2.24, 2.45) is 0 Å². The molecule has 0 spiro atoms. The van der Waals surface area contributed by atoms with E-state index >= 15 is 0 Å². The van der Waals surface area contributed by atoms with E-state index in [1.165, 1.54) is 4.57 Å². The Hall–Kier alpha value is -1.15. The number of halogens is 3. The number of alkyl halides is 3. The zero-order valence-corrected chi connectivity index (χ0v) is 12.3. The summed E-state index contributed by atoms with van der Waals surface area (Å²) >= 11 is 0. The fraction of sp³-hybridized carbons (Fsp3) is 0.846. The van der Waals surface area contributed by atoms with Crippen molar-refractivity contribution in [1.82, 2.24) is 25.0 Å². The number of hydrogen-bond acceptors (Lipinski definition) is 4. The van der Waals surface area contributed by atoms with Gasteiger partial charge >= 0.3 is 6.18 Å². The monoisotopic (exact) mass is 305 g/mol. The van der Waals surface area contributed by atoms with Crippen LogP contribution < -0.4 is 5.32 Å². The average Bonchev–Trinajstić information content (AvgIpc) is 2.85. The summed E-state index contributed by atoms with van der Waals surface area (Å²) in [6, 6.07) is 0. The SMILES string of the molecule is CCNCCCCCN1CCn2c(nnc2C(F)(F)F)C1. The minimum absolute atomic E-state index is 0.314. The van der Waals surface area contributed by atoms with Gasteiger partial charge in [0.1, 0.15) is 5.82 Å². The number of fused-ring (bicyclic) bond motifs is 1. The van der Waals surface area contributed by atoms with Crippen molar-refractivity contribution in [2.45, 2.75) is 45.5 Å². The van der Waals surface area contributed by atoms with Crippen molar-refractivity contribution >= 4 is 0 Å². The van der Waals surface area contributed by atoms with Gasteiger partial charge in [-0.25, -0.2) is 0 Å². The molecule has 0 amide bonds. The first kappa shape index (κ1) is 16.2. The third kappa shape index (κ3) is 4.41. The molecule has 1 aliphatic heterocycles. The highest BCUT2D eigenvalue weighted by Gasteiger charge is 2.39. The summed E-state index contributed by atoms with van der Waals surface area (Å²) in [5.74, 6) is -0.455. The van der Waals surface area contributed by atoms with E-state index < -0.39 is 12.0 Å². The lowest BCUT2D eigenvalue weighted by Crippen LogP contribution is -2.35. The van der Waals surface area contributed by atoms with E-state index in [1.807, 2.05) is 0 Å². The number of unbranched alkanes of at least 4 members (excludes halogenated alkanes) is 2. The third-order valence-electron chi connectivity index (χ3n) is 3.66. The molecule has 1 aromatic rings. The highest BCUT2D eigenvalue weighted by molar-refractivity contribution is 5.02. The molecule has 0 aromatic carbocycles. The molecular formula is C13H22F3N5. The van der Waals surface area contributed by atoms with Crippen LogP contribution in [0.5, 0.6) is 0 Å². The summed E-state index contributed by atoms with van der Waals surface area (Å²) in [7, 11) is 0. The number of aromatic nitrogens is 3. The van der Waals surface area contributed by atoms with Crippen LogP contribution in [0.25, 0.3) is 0 Å². The molecule has 21 heavy (non-hydrogen) atoms. The van der Waals surface area contributed by atoms with Gasteiger partial charge in [0.2, 0.25) is 5.82 Å². The van der Waals surface area contributed by atoms with E-state index in [0.29, 0.717) is 25.5 Å². The molecule has 0 saturated heterocycles. The first-order valence-electron chi connectivity index (χ1n) is 7.44. The van der Waals surface area contributed by atoms with E-state index in [1.54, 1.807) is 0 Å². The summed E-state index contributed by atoms with van der Waals surface area (Å²) in [6.07, 6.45) is -1.09. The molecule has 2 heterocycles. The minimum Gasteiger partial charge on any atom is -0.317 e. The maximum atomic E-state index is 12.7. The highest BCUT2D eigenvalue weighted by Crippen LogP contribution is 2.29. The van der Waals surface area contributed by atoms with Crippen molar-refractivity contribution in [3.05, 3.63) is 11.6 Å². The van der Waals surface area contributed by atoms with Crippen LogP contribution in [0.2, 0.25) is 0 Å². The standard InChI is InChI=1S/C13H22F3N5/c1-2-17-6-4-3-5-7-20-8-9-21-11(10-20)18-19-12(21)13(14,15)16/h17H,2-10H2,1H3. The predicted octanol–water partition coefficient (Wildman–Crippen LogP) is 1.89. The lowest BCUT2D eigenvalue weighted by atomic mass is 10.2. The molecule has 0 atom stereocenters. The third-order valence-corrected chi connectivity index (χ3v) is 3.66. The van der Waals surface area contributed by atoms with E-state index in [0.717, 1.165) is 38.9 Å². The van der Waals surface area contributed by atoms with Crippen LogP contribution in [0.15, 0.2) is 0 Å². The van der Waals surface area contributed by atoms with Crippen LogP contribution in [0.1, 0.15) is 37.8 Å². The molecule has 1 aromatic heterocycles. The lowest BCUT2D eigenvalue weighted by molar-refractivity contribution is -0.148. The topological polar surface area (TPSA) is 46.0 Å². The van der Waals surface area contributed by atoms with Crippen molar-refractivity contribution in [3.63, 3.8) is 0 Å². The molecule has 0 saturated carbocycles. The van der Waals surface area contributed by atoms with Gasteiger partial charge in [-0.2, -0.15) is 13.2 Å². The van der Waals surface area contributed by atoms with Crippen LogP contribution >= 0.6 is 0 Å². The van der Waals surface area contributed by atoms with Crippen LogP contribution in [-0.2, 0) is 19.3 Å². The molecule has 2 rings (SSSR count). The van der Waals surface area contributed by atoms with E-state index in [9.17, 15) is 13.2 Å². The average molecular weight is 305 g/mol. The van der Waals surface area contributed by atoms with Gasteiger partial charge in [-0.05, 0) is 32.5 Å². The van der Waals surface area contributed by atoms with Crippen LogP contribution in [0, 0.1) is 0 Å². The normalized spacial score (nSPS) is 16.2. The van der Waals surface area contributed by atoms with Crippen molar-refractivity contribution < 1.29 is 13.2 Å². The van der Waals surface area contributed by atoms with Crippen LogP contribution in [-0.4, -0.2) is 45.8 Å². The Balaban J connectivity index is 1.77. The van der Waals surface area contributed by atoms with Gasteiger partial charge in [-0.15, -0.1) is 10.2 Å². The number of nitrogens with zero attached hydrogens (tertiary/aromatic N) is 4. The second kappa shape index (κ2) is 7.22. The van der Waals surface area contributed by atoms with Gasteiger partial charge in [0, 0.05) is 13.1 Å². The van der Waals surface area contributed by atoms with Gasteiger partial charge < -0.3 is 9.88 Å². The summed E-state index contributed by atoms with van der Waals surface area (Å²) in [4.78, 5) is 2.15. The largest absolute Gasteiger partial charge is 0.451 e. The Kier molecular flexibility index (Phi) is 5.58. The highest BCUT2D eigenvalue weighted by atomic mass is 19.4. The fourth-order valence-corrected chi connectivity index (χ4v) is 2.55. The molecule has 0 unspecified atom stereocenters. The maximum absolute atomic E-state index is 12.7. The van der Waals surface area contributed by atoms with Gasteiger partial charge in [0.15, 0.2) is 0 Å². The molecule has 0 aliphatic carbocycles. The van der Waals surface area contributed by atoms with Crippen LogP contribution in [0.3, 0.4) is 0 Å². The van der Waals surface area contributed by atoms with Gasteiger partial charge in [0.05, 0.1) is 6.54 Å². The Morgan fingerprint density at radius 1 is 1.14 bits per heavy atom. The molecule has 0 radical (unpaired) electrons. The quantitative estimate of drug-likeness (QED) is 0.782. The van der Waals surface area contributed by atoms with Crippen molar-refractivity contribution in [1.29, 1.82) is 0 Å². The van der Waals surface area contributed by atoms with E-state index in [2.05, 4.69) is 27.3 Å². The Morgan fingerprint density at radius 3 is 2.67 bits per heavy atom. The van der Waals surface area contributed by atoms with Crippen molar-refractivity contribution in [2.75, 3.05) is 26.2 Å². The van der Waals surface area contributed by atoms with Crippen molar-refractivity contribution in [3.8, 4) is 0 Å². The van der Waals surface area contributed by atoms with Gasteiger partial charge in [-0.1, -0.05) is 13.3 Å². The lowest BCUT2D eigenvalue weighted by Gasteiger charge is -2.27. The Labute approximate surface area is 122 Å². The molecule has 1 aliphatic rings. The zero-order valence-electron chi connectivity index (χ0n) is 12.3. The van der Waals surface area contributed by atoms with Crippen LogP contribution in [0.4, 0.5) is 13.2 Å². The maximum Gasteiger partial charge on any atom is 0.451 e. The predicted molar refractivity (Wildman–Crippen MR) is 72.7 cm³/mol. The molecule has 0 fully saturated rings. The van der Waals surface area contributed by atoms with Gasteiger partial charge in [-0.3, -0.25) is 4.90 Å². The molecule has 0 bridgehead atoms. The number of nitrogens with one attached hydrogen (secondary N) is 1. The Bertz CT molecular complexity index is 444. The van der Waals surface area contributed by atoms with E-state index in [4.69, 9.17) is 0 Å².